The fourth-order valence-corrected chi connectivity index (χ4v) is 0. The van der Waals surface area contributed by atoms with Gasteiger partial charge in [0, 0.05) is 32.7 Å². The van der Waals surface area contributed by atoms with E-state index in [1.54, 1.807) is 0 Å². The SMILES string of the molecule is CCC.[CH2-]C[CH2-].[Y]. The Labute approximate surface area is 73.0 Å². The van der Waals surface area contributed by atoms with Crippen LogP contribution in [0.15, 0.2) is 0 Å². The first kappa shape index (κ1) is 15.7. The molecular formula is C6H14Y-2. The number of hydrogen-bond donors (Lipinski definition) is 0. The van der Waals surface area contributed by atoms with Gasteiger partial charge in [-0.05, 0) is 0 Å². The Balaban J connectivity index is -0.0000000400. The Morgan fingerprint density at radius 3 is 1.14 bits per heavy atom. The molecule has 1 heteroatoms. The van der Waals surface area contributed by atoms with E-state index in [0.29, 0.717) is 0 Å². The molecule has 0 bridgehead atoms. The predicted molar refractivity (Wildman–Crippen MR) is 31.3 cm³/mol. The summed E-state index contributed by atoms with van der Waals surface area (Å²) in [6, 6.07) is 0. The van der Waals surface area contributed by atoms with Crippen LogP contribution in [-0.4, -0.2) is 0 Å². The van der Waals surface area contributed by atoms with Gasteiger partial charge in [-0.3, -0.25) is 0 Å². The van der Waals surface area contributed by atoms with Gasteiger partial charge in [0.05, 0.1) is 0 Å². The summed E-state index contributed by atoms with van der Waals surface area (Å²) < 4.78 is 0. The smallest absolute Gasteiger partial charge is 0 e. The van der Waals surface area contributed by atoms with Crippen LogP contribution in [0.4, 0.5) is 0 Å². The first-order valence-corrected chi connectivity index (χ1v) is 2.41. The first-order chi connectivity index (χ1) is 2.83. The van der Waals surface area contributed by atoms with Crippen LogP contribution in [0.3, 0.4) is 0 Å². The van der Waals surface area contributed by atoms with E-state index in [1.807, 2.05) is 0 Å². The van der Waals surface area contributed by atoms with Crippen LogP contribution < -0.4 is 0 Å². The number of hydrogen-bond acceptors (Lipinski definition) is 0. The Kier molecular flexibility index (Phi) is 61.6. The summed E-state index contributed by atoms with van der Waals surface area (Å²) in [6.07, 6.45) is 2.00. The van der Waals surface area contributed by atoms with E-state index in [1.165, 1.54) is 6.42 Å². The summed E-state index contributed by atoms with van der Waals surface area (Å²) in [5, 5.41) is 0. The summed E-state index contributed by atoms with van der Waals surface area (Å²) >= 11 is 0. The van der Waals surface area contributed by atoms with Crippen LogP contribution in [0.1, 0.15) is 26.7 Å². The van der Waals surface area contributed by atoms with Gasteiger partial charge in [0.25, 0.3) is 0 Å². The van der Waals surface area contributed by atoms with Gasteiger partial charge >= 0.3 is 0 Å². The van der Waals surface area contributed by atoms with E-state index in [9.17, 15) is 0 Å². The molecule has 7 heavy (non-hydrogen) atoms. The molecule has 0 aliphatic rings. The molecule has 0 aliphatic carbocycles. The van der Waals surface area contributed by atoms with Crippen molar-refractivity contribution in [2.75, 3.05) is 0 Å². The van der Waals surface area contributed by atoms with Crippen molar-refractivity contribution in [2.45, 2.75) is 26.7 Å². The average molecular weight is 175 g/mol. The summed E-state index contributed by atoms with van der Waals surface area (Å²) in [4.78, 5) is 0. The zero-order chi connectivity index (χ0) is 5.41. The monoisotopic (exact) mass is 175 g/mol. The van der Waals surface area contributed by atoms with Gasteiger partial charge in [0.2, 0.25) is 0 Å². The molecule has 0 unspecified atom stereocenters. The fraction of sp³-hybridized carbons (Fsp3) is 0.667. The van der Waals surface area contributed by atoms with Crippen LogP contribution in [-0.2, 0) is 32.7 Å². The minimum Gasteiger partial charge on any atom is -0.372 e. The molecule has 0 rings (SSSR count). The molecular weight excluding hydrogens is 161 g/mol. The topological polar surface area (TPSA) is 0 Å². The molecule has 0 amide bonds. The maximum absolute atomic E-state index is 3.38. The van der Waals surface area contributed by atoms with E-state index in [0.717, 1.165) is 6.42 Å². The average Bonchev–Trinajstić information content (AvgIpc) is 1.39. The van der Waals surface area contributed by atoms with Crippen molar-refractivity contribution < 1.29 is 32.7 Å². The zero-order valence-corrected chi connectivity index (χ0v) is 8.24. The molecule has 0 nitrogen and oxygen atoms in total. The molecule has 0 saturated carbocycles. The molecule has 0 heterocycles. The number of rotatable bonds is 0. The van der Waals surface area contributed by atoms with Gasteiger partial charge in [-0.15, -0.1) is 0 Å². The summed E-state index contributed by atoms with van der Waals surface area (Å²) in [7, 11) is 0. The third-order valence-electron chi connectivity index (χ3n) is 0. The molecule has 0 saturated heterocycles. The largest absolute Gasteiger partial charge is 0.372 e. The minimum absolute atomic E-state index is 0. The second-order valence-electron chi connectivity index (χ2n) is 1.06. The van der Waals surface area contributed by atoms with E-state index < -0.39 is 0 Å². The summed E-state index contributed by atoms with van der Waals surface area (Å²) in [5.41, 5.74) is 0. The quantitative estimate of drug-likeness (QED) is 0.496. The van der Waals surface area contributed by atoms with Gasteiger partial charge in [-0.2, -0.15) is 0 Å². The van der Waals surface area contributed by atoms with Crippen LogP contribution in [0.25, 0.3) is 0 Å². The maximum atomic E-state index is 3.38. The third kappa shape index (κ3) is 152. The normalized spacial score (nSPS) is 5.14. The second kappa shape index (κ2) is 27.5. The molecule has 0 aliphatic heterocycles. The second-order valence-corrected chi connectivity index (χ2v) is 1.06. The van der Waals surface area contributed by atoms with Gasteiger partial charge < -0.3 is 20.3 Å². The van der Waals surface area contributed by atoms with Gasteiger partial charge in [0.15, 0.2) is 0 Å². The zero-order valence-electron chi connectivity index (χ0n) is 5.41. The van der Waals surface area contributed by atoms with E-state index in [2.05, 4.69) is 27.7 Å². The Morgan fingerprint density at radius 1 is 1.14 bits per heavy atom. The molecule has 0 N–H and O–H groups in total. The van der Waals surface area contributed by atoms with Crippen molar-refractivity contribution in [3.8, 4) is 0 Å². The van der Waals surface area contributed by atoms with Crippen molar-refractivity contribution in [3.63, 3.8) is 0 Å². The van der Waals surface area contributed by atoms with Gasteiger partial charge in [-0.1, -0.05) is 20.3 Å². The van der Waals surface area contributed by atoms with Gasteiger partial charge in [-0.25, -0.2) is 0 Å². The molecule has 43 valence electrons. The summed E-state index contributed by atoms with van der Waals surface area (Å²) in [6.45, 7) is 11.0. The van der Waals surface area contributed by atoms with Crippen molar-refractivity contribution in [2.24, 2.45) is 0 Å². The molecule has 0 aromatic carbocycles. The van der Waals surface area contributed by atoms with Crippen molar-refractivity contribution in [1.82, 2.24) is 0 Å². The molecule has 0 spiro atoms. The van der Waals surface area contributed by atoms with Gasteiger partial charge in [0.1, 0.15) is 0 Å². The Bertz CT molecular complexity index is 6.14. The molecule has 0 atom stereocenters. The molecule has 1 radical (unpaired) electrons. The summed E-state index contributed by atoms with van der Waals surface area (Å²) in [5.74, 6) is 0. The maximum Gasteiger partial charge on any atom is 0 e. The standard InChI is InChI=1S/C3H8.C3H6.Y/c2*1-3-2;/h3H2,1-2H3;1-3H2;/q;-2;. The van der Waals surface area contributed by atoms with Crippen molar-refractivity contribution >= 4 is 0 Å². The molecule has 0 aromatic rings. The first-order valence-electron chi connectivity index (χ1n) is 2.41. The Morgan fingerprint density at radius 2 is 1.14 bits per heavy atom. The minimum atomic E-state index is 0. The van der Waals surface area contributed by atoms with Crippen LogP contribution in [0.5, 0.6) is 0 Å². The predicted octanol–water partition coefficient (Wildman–Crippen LogP) is 2.46. The fourth-order valence-electron chi connectivity index (χ4n) is 0. The van der Waals surface area contributed by atoms with E-state index >= 15 is 0 Å². The van der Waals surface area contributed by atoms with E-state index in [-0.39, 0.29) is 32.7 Å². The van der Waals surface area contributed by atoms with E-state index in [4.69, 9.17) is 0 Å². The third-order valence-corrected chi connectivity index (χ3v) is 0. The van der Waals surface area contributed by atoms with Crippen LogP contribution in [0.2, 0.25) is 0 Å². The molecule has 0 fully saturated rings. The van der Waals surface area contributed by atoms with Crippen molar-refractivity contribution in [3.05, 3.63) is 13.8 Å². The Hall–Kier alpha value is 1.10. The van der Waals surface area contributed by atoms with Crippen molar-refractivity contribution in [1.29, 1.82) is 0 Å². The van der Waals surface area contributed by atoms with Crippen LogP contribution in [0, 0.1) is 13.8 Å². The molecule has 0 aromatic heterocycles. The van der Waals surface area contributed by atoms with Crippen LogP contribution >= 0.6 is 0 Å².